The van der Waals surface area contributed by atoms with Gasteiger partial charge in [0.15, 0.2) is 0 Å². The molecule has 0 aromatic rings. The summed E-state index contributed by atoms with van der Waals surface area (Å²) in [5.74, 6) is -0.248. The van der Waals surface area contributed by atoms with E-state index in [9.17, 15) is 4.79 Å². The monoisotopic (exact) mass is 392 g/mol. The van der Waals surface area contributed by atoms with Gasteiger partial charge in [0.25, 0.3) is 0 Å². The number of ether oxygens (including phenoxy) is 6. The van der Waals surface area contributed by atoms with Crippen LogP contribution in [0.2, 0.25) is 0 Å². The van der Waals surface area contributed by atoms with Gasteiger partial charge in [0.2, 0.25) is 0 Å². The predicted molar refractivity (Wildman–Crippen MR) is 104 cm³/mol. The van der Waals surface area contributed by atoms with Crippen LogP contribution in [0.15, 0.2) is 0 Å². The first-order valence-corrected chi connectivity index (χ1v) is 10.1. The Labute approximate surface area is 165 Å². The Bertz CT molecular complexity index is 329. The fraction of sp³-hybridized carbons (Fsp3) is 0.950. The number of esters is 1. The molecule has 0 saturated carbocycles. The number of carbonyl (C=O) groups is 1. The largest absolute Gasteiger partial charge is 0.460 e. The van der Waals surface area contributed by atoms with Gasteiger partial charge in [0.1, 0.15) is 5.60 Å². The van der Waals surface area contributed by atoms with Crippen molar-refractivity contribution in [1.29, 1.82) is 0 Å². The highest BCUT2D eigenvalue weighted by atomic mass is 16.6. The van der Waals surface area contributed by atoms with E-state index in [0.29, 0.717) is 59.5 Å². The Morgan fingerprint density at radius 2 is 1.04 bits per heavy atom. The first-order chi connectivity index (χ1) is 13.0. The minimum atomic E-state index is -0.451. The van der Waals surface area contributed by atoms with Crippen LogP contribution in [0.4, 0.5) is 0 Å². The number of carbonyl (C=O) groups excluding carboxylic acids is 1. The molecule has 0 N–H and O–H groups in total. The van der Waals surface area contributed by atoms with Gasteiger partial charge in [-0.25, -0.2) is 0 Å². The lowest BCUT2D eigenvalue weighted by atomic mass is 10.2. The fourth-order valence-corrected chi connectivity index (χ4v) is 1.98. The minimum absolute atomic E-state index is 0.248. The van der Waals surface area contributed by atoms with E-state index in [1.807, 2.05) is 20.8 Å². The average Bonchev–Trinajstić information content (AvgIpc) is 2.59. The van der Waals surface area contributed by atoms with Crippen molar-refractivity contribution in [2.45, 2.75) is 59.0 Å². The van der Waals surface area contributed by atoms with Gasteiger partial charge in [-0.05, 0) is 27.2 Å². The molecular formula is C20H40O7. The molecule has 0 bridgehead atoms. The van der Waals surface area contributed by atoms with Crippen molar-refractivity contribution < 1.29 is 33.2 Å². The molecule has 0 fully saturated rings. The summed E-state index contributed by atoms with van der Waals surface area (Å²) in [6.45, 7) is 13.2. The van der Waals surface area contributed by atoms with E-state index >= 15 is 0 Å². The van der Waals surface area contributed by atoms with E-state index in [1.165, 1.54) is 12.8 Å². The summed E-state index contributed by atoms with van der Waals surface area (Å²) in [5.41, 5.74) is -0.451. The van der Waals surface area contributed by atoms with Crippen molar-refractivity contribution in [3.8, 4) is 0 Å². The van der Waals surface area contributed by atoms with Gasteiger partial charge in [0.05, 0.1) is 65.9 Å². The molecule has 0 aliphatic rings. The zero-order valence-corrected chi connectivity index (χ0v) is 17.8. The highest BCUT2D eigenvalue weighted by molar-refractivity contribution is 5.69. The molecule has 162 valence electrons. The van der Waals surface area contributed by atoms with Crippen LogP contribution >= 0.6 is 0 Å². The molecule has 0 amide bonds. The van der Waals surface area contributed by atoms with Crippen molar-refractivity contribution in [3.63, 3.8) is 0 Å². The lowest BCUT2D eigenvalue weighted by Crippen LogP contribution is -2.24. The second kappa shape index (κ2) is 18.6. The SMILES string of the molecule is CCCCCOCCOCCOCCOCCOCCC(=O)OC(C)(C)C. The number of hydrogen-bond acceptors (Lipinski definition) is 7. The van der Waals surface area contributed by atoms with E-state index < -0.39 is 5.60 Å². The van der Waals surface area contributed by atoms with Crippen molar-refractivity contribution in [2.75, 3.05) is 66.1 Å². The summed E-state index contributed by atoms with van der Waals surface area (Å²) in [6.07, 6.45) is 3.80. The Morgan fingerprint density at radius 1 is 0.630 bits per heavy atom. The van der Waals surface area contributed by atoms with Crippen LogP contribution in [-0.4, -0.2) is 77.6 Å². The Balaban J connectivity index is 3.12. The maximum atomic E-state index is 11.5. The topological polar surface area (TPSA) is 72.5 Å². The molecule has 0 aromatic heterocycles. The second-order valence-corrected chi connectivity index (χ2v) is 7.11. The molecule has 27 heavy (non-hydrogen) atoms. The Morgan fingerprint density at radius 3 is 1.44 bits per heavy atom. The predicted octanol–water partition coefficient (Wildman–Crippen LogP) is 2.99. The molecule has 0 saturated heterocycles. The van der Waals surface area contributed by atoms with Crippen molar-refractivity contribution in [1.82, 2.24) is 0 Å². The highest BCUT2D eigenvalue weighted by Crippen LogP contribution is 2.07. The lowest BCUT2D eigenvalue weighted by Gasteiger charge is -2.19. The van der Waals surface area contributed by atoms with Crippen LogP contribution in [0, 0.1) is 0 Å². The average molecular weight is 393 g/mol. The van der Waals surface area contributed by atoms with Gasteiger partial charge in [-0.15, -0.1) is 0 Å². The van der Waals surface area contributed by atoms with Crippen LogP contribution in [-0.2, 0) is 33.2 Å². The highest BCUT2D eigenvalue weighted by Gasteiger charge is 2.15. The molecule has 0 radical (unpaired) electrons. The molecule has 0 rings (SSSR count). The summed E-state index contributed by atoms with van der Waals surface area (Å²) >= 11 is 0. The third-order valence-electron chi connectivity index (χ3n) is 3.25. The van der Waals surface area contributed by atoms with Gasteiger partial charge in [-0.2, -0.15) is 0 Å². The molecular weight excluding hydrogens is 352 g/mol. The van der Waals surface area contributed by atoms with Crippen molar-refractivity contribution >= 4 is 5.97 Å². The van der Waals surface area contributed by atoms with Crippen LogP contribution in [0.1, 0.15) is 53.4 Å². The third kappa shape index (κ3) is 23.2. The quantitative estimate of drug-likeness (QED) is 0.247. The van der Waals surface area contributed by atoms with E-state index in [0.717, 1.165) is 13.0 Å². The van der Waals surface area contributed by atoms with Gasteiger partial charge < -0.3 is 28.4 Å². The van der Waals surface area contributed by atoms with Gasteiger partial charge in [0, 0.05) is 6.61 Å². The number of unbranched alkanes of at least 4 members (excludes halogenated alkanes) is 2. The molecule has 7 heteroatoms. The molecule has 0 aromatic carbocycles. The second-order valence-electron chi connectivity index (χ2n) is 7.11. The molecule has 0 aliphatic heterocycles. The van der Waals surface area contributed by atoms with Crippen molar-refractivity contribution in [3.05, 3.63) is 0 Å². The molecule has 0 heterocycles. The molecule has 0 aliphatic carbocycles. The third-order valence-corrected chi connectivity index (χ3v) is 3.25. The Hall–Kier alpha value is -0.730. The number of hydrogen-bond donors (Lipinski definition) is 0. The van der Waals surface area contributed by atoms with Gasteiger partial charge >= 0.3 is 5.97 Å². The fourth-order valence-electron chi connectivity index (χ4n) is 1.98. The minimum Gasteiger partial charge on any atom is -0.460 e. The summed E-state index contributed by atoms with van der Waals surface area (Å²) in [5, 5.41) is 0. The maximum absolute atomic E-state index is 11.5. The normalized spacial score (nSPS) is 11.7. The van der Waals surface area contributed by atoms with Crippen LogP contribution in [0.5, 0.6) is 0 Å². The smallest absolute Gasteiger partial charge is 0.308 e. The zero-order valence-electron chi connectivity index (χ0n) is 17.8. The molecule has 0 spiro atoms. The Kier molecular flexibility index (Phi) is 18.1. The molecule has 7 nitrogen and oxygen atoms in total. The standard InChI is InChI=1S/C20H40O7/c1-5-6-7-9-22-11-13-24-15-17-26-18-16-25-14-12-23-10-8-19(21)27-20(2,3)4/h5-18H2,1-4H3. The summed E-state index contributed by atoms with van der Waals surface area (Å²) in [7, 11) is 0. The summed E-state index contributed by atoms with van der Waals surface area (Å²) in [4.78, 5) is 11.5. The van der Waals surface area contributed by atoms with E-state index in [-0.39, 0.29) is 12.4 Å². The zero-order chi connectivity index (χ0) is 20.2. The van der Waals surface area contributed by atoms with Crippen LogP contribution in [0.25, 0.3) is 0 Å². The maximum Gasteiger partial charge on any atom is 0.308 e. The lowest BCUT2D eigenvalue weighted by molar-refractivity contribution is -0.156. The van der Waals surface area contributed by atoms with Gasteiger partial charge in [-0.1, -0.05) is 19.8 Å². The summed E-state index contributed by atoms with van der Waals surface area (Å²) in [6, 6.07) is 0. The van der Waals surface area contributed by atoms with Crippen LogP contribution < -0.4 is 0 Å². The van der Waals surface area contributed by atoms with E-state index in [4.69, 9.17) is 28.4 Å². The van der Waals surface area contributed by atoms with Crippen LogP contribution in [0.3, 0.4) is 0 Å². The summed E-state index contributed by atoms with van der Waals surface area (Å²) < 4.78 is 32.2. The van der Waals surface area contributed by atoms with Crippen molar-refractivity contribution in [2.24, 2.45) is 0 Å². The van der Waals surface area contributed by atoms with Gasteiger partial charge in [-0.3, -0.25) is 4.79 Å². The number of rotatable bonds is 19. The first-order valence-electron chi connectivity index (χ1n) is 10.1. The molecule has 0 atom stereocenters. The first kappa shape index (κ1) is 26.3. The van der Waals surface area contributed by atoms with E-state index in [2.05, 4.69) is 6.92 Å². The van der Waals surface area contributed by atoms with E-state index in [1.54, 1.807) is 0 Å². The molecule has 0 unspecified atom stereocenters.